The fourth-order valence-electron chi connectivity index (χ4n) is 3.73. The molecule has 3 aromatic carbocycles. The van der Waals surface area contributed by atoms with E-state index in [1.165, 1.54) is 23.1 Å². The van der Waals surface area contributed by atoms with Gasteiger partial charge in [-0.3, -0.25) is 9.52 Å². The van der Waals surface area contributed by atoms with Crippen LogP contribution in [0.5, 0.6) is 23.0 Å². The van der Waals surface area contributed by atoms with Crippen LogP contribution in [0.1, 0.15) is 10.4 Å². The molecule has 5 rings (SSSR count). The number of carbonyl (C=O) groups excluding carboxylic acids is 1. The molecule has 0 saturated heterocycles. The third-order valence-electron chi connectivity index (χ3n) is 5.41. The SMILES string of the molecule is CN(CC1COc2ccccc2O1)C(=O)c1cccc(S(=O)(=O)Nc2ccc3c(c2)OCO3)c1. The van der Waals surface area contributed by atoms with Gasteiger partial charge in [-0.2, -0.15) is 0 Å². The second kappa shape index (κ2) is 8.79. The number of rotatable bonds is 6. The first-order valence-corrected chi connectivity index (χ1v) is 12.0. The van der Waals surface area contributed by atoms with E-state index in [0.29, 0.717) is 35.3 Å². The van der Waals surface area contributed by atoms with Crippen LogP contribution in [0.25, 0.3) is 0 Å². The van der Waals surface area contributed by atoms with Crippen molar-refractivity contribution in [3.8, 4) is 23.0 Å². The Kier molecular flexibility index (Phi) is 5.66. The standard InChI is InChI=1S/C24H22N2O7S/c1-26(13-18-14-30-20-7-2-3-8-22(20)33-18)24(27)16-5-4-6-19(11-16)34(28,29)25-17-9-10-21-23(12-17)32-15-31-21/h2-12,18,25H,13-15H2,1H3. The van der Waals surface area contributed by atoms with Crippen LogP contribution in [0.2, 0.25) is 0 Å². The van der Waals surface area contributed by atoms with E-state index in [1.54, 1.807) is 31.3 Å². The number of nitrogens with one attached hydrogen (secondary N) is 1. The highest BCUT2D eigenvalue weighted by atomic mass is 32.2. The number of carbonyl (C=O) groups is 1. The highest BCUT2D eigenvalue weighted by molar-refractivity contribution is 7.92. The average molecular weight is 483 g/mol. The zero-order chi connectivity index (χ0) is 23.7. The summed E-state index contributed by atoms with van der Waals surface area (Å²) in [5, 5.41) is 0. The Hall–Kier alpha value is -3.92. The number of amides is 1. The molecular weight excluding hydrogens is 460 g/mol. The predicted molar refractivity (Wildman–Crippen MR) is 123 cm³/mol. The van der Waals surface area contributed by atoms with E-state index in [0.717, 1.165) is 0 Å². The van der Waals surface area contributed by atoms with Crippen LogP contribution < -0.4 is 23.7 Å². The Morgan fingerprint density at radius 1 is 0.941 bits per heavy atom. The normalized spacial score (nSPS) is 16.1. The third-order valence-corrected chi connectivity index (χ3v) is 6.79. The average Bonchev–Trinajstić information content (AvgIpc) is 3.31. The third kappa shape index (κ3) is 4.44. The zero-order valence-corrected chi connectivity index (χ0v) is 19.1. The molecule has 9 nitrogen and oxygen atoms in total. The van der Waals surface area contributed by atoms with Gasteiger partial charge >= 0.3 is 0 Å². The second-order valence-electron chi connectivity index (χ2n) is 7.88. The summed E-state index contributed by atoms with van der Waals surface area (Å²) in [7, 11) is -2.30. The van der Waals surface area contributed by atoms with Crippen molar-refractivity contribution in [1.29, 1.82) is 0 Å². The monoisotopic (exact) mass is 482 g/mol. The van der Waals surface area contributed by atoms with Gasteiger partial charge in [-0.05, 0) is 42.5 Å². The molecule has 0 fully saturated rings. The van der Waals surface area contributed by atoms with E-state index in [9.17, 15) is 13.2 Å². The molecular formula is C24H22N2O7S. The molecule has 0 radical (unpaired) electrons. The highest BCUT2D eigenvalue weighted by Crippen LogP contribution is 2.35. The van der Waals surface area contributed by atoms with Gasteiger partial charge in [0.2, 0.25) is 6.79 Å². The van der Waals surface area contributed by atoms with Crippen LogP contribution >= 0.6 is 0 Å². The van der Waals surface area contributed by atoms with Gasteiger partial charge in [0.05, 0.1) is 17.1 Å². The lowest BCUT2D eigenvalue weighted by Crippen LogP contribution is -2.41. The lowest BCUT2D eigenvalue weighted by molar-refractivity contribution is 0.0521. The van der Waals surface area contributed by atoms with Crippen LogP contribution in [0.15, 0.2) is 71.6 Å². The molecule has 1 unspecified atom stereocenters. The summed E-state index contributed by atoms with van der Waals surface area (Å²) >= 11 is 0. The number of hydrogen-bond donors (Lipinski definition) is 1. The lowest BCUT2D eigenvalue weighted by atomic mass is 10.2. The minimum atomic E-state index is -3.93. The van der Waals surface area contributed by atoms with Gasteiger partial charge in [0.25, 0.3) is 15.9 Å². The summed E-state index contributed by atoms with van der Waals surface area (Å²) in [4.78, 5) is 14.5. The quantitative estimate of drug-likeness (QED) is 0.576. The molecule has 0 bridgehead atoms. The molecule has 1 N–H and O–H groups in total. The highest BCUT2D eigenvalue weighted by Gasteiger charge is 2.25. The summed E-state index contributed by atoms with van der Waals surface area (Å²) in [6.45, 7) is 0.676. The van der Waals surface area contributed by atoms with Crippen molar-refractivity contribution in [1.82, 2.24) is 4.90 Å². The molecule has 2 aliphatic heterocycles. The van der Waals surface area contributed by atoms with E-state index in [1.807, 2.05) is 24.3 Å². The van der Waals surface area contributed by atoms with Crippen molar-refractivity contribution >= 4 is 21.6 Å². The van der Waals surface area contributed by atoms with Crippen LogP contribution in [0.4, 0.5) is 5.69 Å². The Morgan fingerprint density at radius 3 is 2.56 bits per heavy atom. The van der Waals surface area contributed by atoms with Crippen LogP contribution in [-0.4, -0.2) is 52.3 Å². The summed E-state index contributed by atoms with van der Waals surface area (Å²) in [6, 6.07) is 18.0. The molecule has 10 heteroatoms. The molecule has 0 aromatic heterocycles. The van der Waals surface area contributed by atoms with Gasteiger partial charge in [0.1, 0.15) is 6.61 Å². The largest absolute Gasteiger partial charge is 0.486 e. The summed E-state index contributed by atoms with van der Waals surface area (Å²) in [5.41, 5.74) is 0.570. The van der Waals surface area contributed by atoms with Gasteiger partial charge in [-0.25, -0.2) is 8.42 Å². The maximum absolute atomic E-state index is 13.0. The lowest BCUT2D eigenvalue weighted by Gasteiger charge is -2.29. The minimum absolute atomic E-state index is 0.0319. The summed E-state index contributed by atoms with van der Waals surface area (Å²) < 4.78 is 50.5. The molecule has 2 aliphatic rings. The molecule has 34 heavy (non-hydrogen) atoms. The minimum Gasteiger partial charge on any atom is -0.486 e. The van der Waals surface area contributed by atoms with E-state index in [4.69, 9.17) is 18.9 Å². The number of likely N-dealkylation sites (N-methyl/N-ethyl adjacent to an activating group) is 1. The molecule has 3 aromatic rings. The van der Waals surface area contributed by atoms with Gasteiger partial charge < -0.3 is 23.8 Å². The van der Waals surface area contributed by atoms with E-state index in [-0.39, 0.29) is 35.8 Å². The number of ether oxygens (including phenoxy) is 4. The van der Waals surface area contributed by atoms with E-state index < -0.39 is 10.0 Å². The number of nitrogens with zero attached hydrogens (tertiary/aromatic N) is 1. The summed E-state index contributed by atoms with van der Waals surface area (Å²) in [5.74, 6) is 1.97. The number of sulfonamides is 1. The molecule has 0 spiro atoms. The second-order valence-corrected chi connectivity index (χ2v) is 9.57. The van der Waals surface area contributed by atoms with Crippen LogP contribution in [-0.2, 0) is 10.0 Å². The molecule has 1 amide bonds. The maximum atomic E-state index is 13.0. The van der Waals surface area contributed by atoms with Crippen molar-refractivity contribution in [2.75, 3.05) is 31.7 Å². The first-order valence-electron chi connectivity index (χ1n) is 10.6. The van der Waals surface area contributed by atoms with Gasteiger partial charge in [0.15, 0.2) is 29.1 Å². The Bertz CT molecular complexity index is 1340. The molecule has 1 atom stereocenters. The molecule has 0 aliphatic carbocycles. The zero-order valence-electron chi connectivity index (χ0n) is 18.3. The topological polar surface area (TPSA) is 103 Å². The number of anilines is 1. The number of para-hydroxylation sites is 2. The maximum Gasteiger partial charge on any atom is 0.261 e. The van der Waals surface area contributed by atoms with Crippen molar-refractivity contribution in [2.24, 2.45) is 0 Å². The molecule has 2 heterocycles. The van der Waals surface area contributed by atoms with Gasteiger partial charge in [-0.15, -0.1) is 0 Å². The molecule has 176 valence electrons. The van der Waals surface area contributed by atoms with E-state index in [2.05, 4.69) is 4.72 Å². The van der Waals surface area contributed by atoms with Crippen LogP contribution in [0.3, 0.4) is 0 Å². The summed E-state index contributed by atoms with van der Waals surface area (Å²) in [6.07, 6.45) is -0.344. The van der Waals surface area contributed by atoms with Gasteiger partial charge in [-0.1, -0.05) is 18.2 Å². The fraction of sp³-hybridized carbons (Fsp3) is 0.208. The van der Waals surface area contributed by atoms with Crippen molar-refractivity contribution < 1.29 is 32.2 Å². The Balaban J connectivity index is 1.28. The predicted octanol–water partition coefficient (Wildman–Crippen LogP) is 3.13. The number of fused-ring (bicyclic) bond motifs is 2. The first-order chi connectivity index (χ1) is 16.4. The molecule has 0 saturated carbocycles. The first kappa shape index (κ1) is 21.9. The Morgan fingerprint density at radius 2 is 1.71 bits per heavy atom. The van der Waals surface area contributed by atoms with Gasteiger partial charge in [0, 0.05) is 18.7 Å². The van der Waals surface area contributed by atoms with Crippen LogP contribution in [0, 0.1) is 0 Å². The number of hydrogen-bond acceptors (Lipinski definition) is 7. The van der Waals surface area contributed by atoms with Crippen molar-refractivity contribution in [3.05, 3.63) is 72.3 Å². The number of benzene rings is 3. The van der Waals surface area contributed by atoms with Crippen molar-refractivity contribution in [3.63, 3.8) is 0 Å². The Labute approximate surface area is 196 Å². The van der Waals surface area contributed by atoms with Crippen molar-refractivity contribution in [2.45, 2.75) is 11.0 Å². The fourth-order valence-corrected chi connectivity index (χ4v) is 4.83. The smallest absolute Gasteiger partial charge is 0.261 e. The van der Waals surface area contributed by atoms with E-state index >= 15 is 0 Å².